The molecule has 6 nitrogen and oxygen atoms in total. The van der Waals surface area contributed by atoms with E-state index in [4.69, 9.17) is 28.6 Å². The fourth-order valence-corrected chi connectivity index (χ4v) is 2.50. The fraction of sp³-hybridized carbons (Fsp3) is 0.211. The average Bonchev–Trinajstić information content (AvgIpc) is 2.61. The Morgan fingerprint density at radius 2 is 1.96 bits per heavy atom. The van der Waals surface area contributed by atoms with E-state index in [2.05, 4.69) is 10.6 Å². The van der Waals surface area contributed by atoms with Crippen molar-refractivity contribution in [1.82, 2.24) is 5.32 Å². The number of anilines is 1. The number of halogens is 1. The molecular weight excluding hydrogens is 388 g/mol. The molecule has 142 valence electrons. The summed E-state index contributed by atoms with van der Waals surface area (Å²) < 4.78 is 5.61. The maximum atomic E-state index is 12.4. The average molecular weight is 407 g/mol. The number of hydrogen-bond acceptors (Lipinski definition) is 4. The molecule has 1 amide bonds. The van der Waals surface area contributed by atoms with Crippen LogP contribution in [0.4, 0.5) is 5.69 Å². The number of rotatable bonds is 6. The van der Waals surface area contributed by atoms with Crippen LogP contribution >= 0.6 is 23.8 Å². The van der Waals surface area contributed by atoms with Crippen LogP contribution in [0.5, 0.6) is 5.75 Å². The van der Waals surface area contributed by atoms with Gasteiger partial charge in [-0.3, -0.25) is 10.1 Å². The number of ether oxygens (including phenoxy) is 1. The van der Waals surface area contributed by atoms with Crippen LogP contribution in [0.15, 0.2) is 42.5 Å². The minimum absolute atomic E-state index is 0.0293. The summed E-state index contributed by atoms with van der Waals surface area (Å²) in [5.41, 5.74) is 0.546. The van der Waals surface area contributed by atoms with Crippen molar-refractivity contribution in [3.05, 3.63) is 58.6 Å². The first kappa shape index (κ1) is 20.7. The van der Waals surface area contributed by atoms with E-state index < -0.39 is 11.9 Å². The van der Waals surface area contributed by atoms with Gasteiger partial charge in [0.1, 0.15) is 5.75 Å². The van der Waals surface area contributed by atoms with E-state index in [0.717, 1.165) is 0 Å². The monoisotopic (exact) mass is 406 g/mol. The van der Waals surface area contributed by atoms with E-state index in [1.807, 2.05) is 13.8 Å². The molecule has 0 heterocycles. The van der Waals surface area contributed by atoms with Gasteiger partial charge < -0.3 is 15.2 Å². The third-order valence-corrected chi connectivity index (χ3v) is 3.81. The van der Waals surface area contributed by atoms with Gasteiger partial charge in [0.2, 0.25) is 0 Å². The molecule has 0 unspecified atom stereocenters. The number of nitrogens with one attached hydrogen (secondary N) is 2. The van der Waals surface area contributed by atoms with Gasteiger partial charge in [0.05, 0.1) is 17.9 Å². The lowest BCUT2D eigenvalue weighted by atomic mass is 10.2. The Morgan fingerprint density at radius 1 is 1.22 bits per heavy atom. The summed E-state index contributed by atoms with van der Waals surface area (Å²) in [6.07, 6.45) is 0. The Balaban J connectivity index is 2.05. The summed E-state index contributed by atoms with van der Waals surface area (Å²) in [6.45, 7) is 4.60. The molecule has 0 fully saturated rings. The number of thiocarbonyl (C=S) groups is 1. The van der Waals surface area contributed by atoms with Crippen molar-refractivity contribution < 1.29 is 19.4 Å². The van der Waals surface area contributed by atoms with Gasteiger partial charge in [-0.05, 0) is 54.5 Å². The number of amides is 1. The molecule has 0 aliphatic carbocycles. The van der Waals surface area contributed by atoms with Crippen molar-refractivity contribution in [2.45, 2.75) is 13.8 Å². The van der Waals surface area contributed by atoms with E-state index in [1.54, 1.807) is 24.3 Å². The maximum absolute atomic E-state index is 12.4. The van der Waals surface area contributed by atoms with Crippen molar-refractivity contribution in [3.8, 4) is 5.75 Å². The zero-order valence-corrected chi connectivity index (χ0v) is 16.4. The van der Waals surface area contributed by atoms with Gasteiger partial charge in [-0.2, -0.15) is 0 Å². The van der Waals surface area contributed by atoms with Crippen LogP contribution in [0.1, 0.15) is 34.6 Å². The minimum Gasteiger partial charge on any atom is -0.493 e. The van der Waals surface area contributed by atoms with Gasteiger partial charge in [-0.1, -0.05) is 31.5 Å². The zero-order chi connectivity index (χ0) is 20.0. The van der Waals surface area contributed by atoms with Gasteiger partial charge >= 0.3 is 5.97 Å². The van der Waals surface area contributed by atoms with E-state index in [-0.39, 0.29) is 21.4 Å². The van der Waals surface area contributed by atoms with E-state index in [1.165, 1.54) is 18.2 Å². The van der Waals surface area contributed by atoms with E-state index in [9.17, 15) is 14.7 Å². The van der Waals surface area contributed by atoms with Crippen molar-refractivity contribution in [3.63, 3.8) is 0 Å². The van der Waals surface area contributed by atoms with Crippen LogP contribution in [0, 0.1) is 5.92 Å². The smallest absolute Gasteiger partial charge is 0.337 e. The predicted octanol–water partition coefficient (Wildman–Crippen LogP) is 4.20. The number of aromatic carboxylic acids is 1. The van der Waals surface area contributed by atoms with E-state index >= 15 is 0 Å². The van der Waals surface area contributed by atoms with Gasteiger partial charge in [-0.25, -0.2) is 4.79 Å². The highest BCUT2D eigenvalue weighted by Crippen LogP contribution is 2.21. The van der Waals surface area contributed by atoms with Crippen LogP contribution in [-0.2, 0) is 0 Å². The van der Waals surface area contributed by atoms with Gasteiger partial charge in [0.25, 0.3) is 5.91 Å². The SMILES string of the molecule is CC(C)COc1cccc(C(=O)NC(=S)Nc2ccc(Cl)cc2C(=O)O)c1. The molecule has 2 rings (SSSR count). The van der Waals surface area contributed by atoms with Crippen molar-refractivity contribution in [1.29, 1.82) is 0 Å². The number of carbonyl (C=O) groups is 2. The third kappa shape index (κ3) is 6.23. The molecule has 0 aromatic heterocycles. The fourth-order valence-electron chi connectivity index (χ4n) is 2.12. The summed E-state index contributed by atoms with van der Waals surface area (Å²) in [5, 5.41) is 14.7. The molecule has 3 N–H and O–H groups in total. The Morgan fingerprint density at radius 3 is 2.63 bits per heavy atom. The Kier molecular flexibility index (Phi) is 7.15. The van der Waals surface area contributed by atoms with Crippen LogP contribution in [0.25, 0.3) is 0 Å². The normalized spacial score (nSPS) is 10.4. The largest absolute Gasteiger partial charge is 0.493 e. The lowest BCUT2D eigenvalue weighted by Gasteiger charge is -2.13. The van der Waals surface area contributed by atoms with E-state index in [0.29, 0.717) is 23.8 Å². The molecule has 0 saturated carbocycles. The molecule has 0 spiro atoms. The molecular formula is C19H19ClN2O4S. The lowest BCUT2D eigenvalue weighted by Crippen LogP contribution is -2.34. The second kappa shape index (κ2) is 9.34. The summed E-state index contributed by atoms with van der Waals surface area (Å²) in [7, 11) is 0. The van der Waals surface area contributed by atoms with Crippen LogP contribution in [0.3, 0.4) is 0 Å². The standard InChI is InChI=1S/C19H19ClN2O4S/c1-11(2)10-26-14-5-3-4-12(8-14)17(23)22-19(27)21-16-7-6-13(20)9-15(16)18(24)25/h3-9,11H,10H2,1-2H3,(H,24,25)(H2,21,22,23,27). The molecule has 2 aromatic rings. The number of carboxylic acids is 1. The Bertz CT molecular complexity index is 871. The minimum atomic E-state index is -1.16. The summed E-state index contributed by atoms with van der Waals surface area (Å²) >= 11 is 10.9. The third-order valence-electron chi connectivity index (χ3n) is 3.37. The van der Waals surface area contributed by atoms with Gasteiger partial charge in [0.15, 0.2) is 5.11 Å². The summed E-state index contributed by atoms with van der Waals surface area (Å²) in [5.74, 6) is -0.652. The topological polar surface area (TPSA) is 87.7 Å². The highest BCUT2D eigenvalue weighted by Gasteiger charge is 2.14. The molecule has 0 aliphatic heterocycles. The molecule has 27 heavy (non-hydrogen) atoms. The number of hydrogen-bond donors (Lipinski definition) is 3. The Labute approximate surface area is 167 Å². The zero-order valence-electron chi connectivity index (χ0n) is 14.8. The van der Waals surface area contributed by atoms with Crippen LogP contribution in [0.2, 0.25) is 5.02 Å². The Hall–Kier alpha value is -2.64. The van der Waals surface area contributed by atoms with Crippen molar-refractivity contribution >= 4 is 46.5 Å². The lowest BCUT2D eigenvalue weighted by molar-refractivity contribution is 0.0697. The summed E-state index contributed by atoms with van der Waals surface area (Å²) in [6, 6.07) is 11.0. The summed E-state index contributed by atoms with van der Waals surface area (Å²) in [4.78, 5) is 23.7. The first-order chi connectivity index (χ1) is 12.8. The molecule has 0 radical (unpaired) electrons. The van der Waals surface area contributed by atoms with Crippen LogP contribution in [-0.4, -0.2) is 28.7 Å². The second-order valence-electron chi connectivity index (χ2n) is 6.14. The second-order valence-corrected chi connectivity index (χ2v) is 6.98. The molecule has 0 saturated heterocycles. The van der Waals surface area contributed by atoms with Gasteiger partial charge in [-0.15, -0.1) is 0 Å². The number of carboxylic acid groups (broad SMARTS) is 1. The van der Waals surface area contributed by atoms with Crippen molar-refractivity contribution in [2.75, 3.05) is 11.9 Å². The maximum Gasteiger partial charge on any atom is 0.337 e. The molecule has 2 aromatic carbocycles. The molecule has 0 aliphatic rings. The number of carbonyl (C=O) groups excluding carboxylic acids is 1. The highest BCUT2D eigenvalue weighted by molar-refractivity contribution is 7.80. The van der Waals surface area contributed by atoms with Crippen molar-refractivity contribution in [2.24, 2.45) is 5.92 Å². The number of benzene rings is 2. The highest BCUT2D eigenvalue weighted by atomic mass is 35.5. The molecule has 8 heteroatoms. The first-order valence-electron chi connectivity index (χ1n) is 8.14. The molecule has 0 atom stereocenters. The first-order valence-corrected chi connectivity index (χ1v) is 8.93. The predicted molar refractivity (Wildman–Crippen MR) is 109 cm³/mol. The molecule has 0 bridgehead atoms. The van der Waals surface area contributed by atoms with Crippen LogP contribution < -0.4 is 15.4 Å². The van der Waals surface area contributed by atoms with Gasteiger partial charge in [0, 0.05) is 10.6 Å². The quantitative estimate of drug-likeness (QED) is 0.623.